The first kappa shape index (κ1) is 33.1. The minimum atomic E-state index is -0.605. The summed E-state index contributed by atoms with van der Waals surface area (Å²) >= 11 is 0. The first-order chi connectivity index (χ1) is 21.3. The van der Waals surface area contributed by atoms with Crippen LogP contribution < -0.4 is 4.74 Å². The maximum atomic E-state index is 13.4. The van der Waals surface area contributed by atoms with E-state index in [1.165, 1.54) is 0 Å². The lowest BCUT2D eigenvalue weighted by atomic mass is 9.71. The van der Waals surface area contributed by atoms with E-state index < -0.39 is 16.7 Å². The zero-order valence-electron chi connectivity index (χ0n) is 26.5. The second kappa shape index (κ2) is 13.9. The molecule has 3 N–H and O–H groups in total. The Hall–Kier alpha value is -4.78. The van der Waals surface area contributed by atoms with Gasteiger partial charge in [-0.05, 0) is 97.5 Å². The van der Waals surface area contributed by atoms with Crippen LogP contribution in [0.1, 0.15) is 76.1 Å². The minimum Gasteiger partial charge on any atom is -0.508 e. The van der Waals surface area contributed by atoms with Gasteiger partial charge >= 0.3 is 11.9 Å². The van der Waals surface area contributed by atoms with Gasteiger partial charge in [-0.25, -0.2) is 0 Å². The molecule has 4 aromatic rings. The standard InChI is InChI=1S/C38H42O7/c1-25(2)44-35(42)22-23-37(4,27-6-14-31(39)15-7-27)28-12-20-34(21-13-28)45-36(43)26(3)24-38(5,29-8-16-32(40)17-9-29)30-10-18-33(41)19-11-30/h6-21,25-26,39-41H,22-24H2,1-5H3. The summed E-state index contributed by atoms with van der Waals surface area (Å²) in [5.41, 5.74) is 2.51. The van der Waals surface area contributed by atoms with E-state index in [0.29, 0.717) is 18.6 Å². The van der Waals surface area contributed by atoms with Crippen LogP contribution in [0.5, 0.6) is 23.0 Å². The molecule has 0 heterocycles. The van der Waals surface area contributed by atoms with Gasteiger partial charge < -0.3 is 24.8 Å². The van der Waals surface area contributed by atoms with Crippen LogP contribution in [-0.4, -0.2) is 33.4 Å². The van der Waals surface area contributed by atoms with Gasteiger partial charge in [-0.15, -0.1) is 0 Å². The number of aromatic hydroxyl groups is 3. The molecule has 0 saturated heterocycles. The SMILES string of the molecule is CC(C)OC(=O)CCC(C)(c1ccc(O)cc1)c1ccc(OC(=O)C(C)CC(C)(c2ccc(O)cc2)c2ccc(O)cc2)cc1. The van der Waals surface area contributed by atoms with Crippen LogP contribution in [-0.2, 0) is 25.2 Å². The molecule has 7 heteroatoms. The number of hydrogen-bond acceptors (Lipinski definition) is 7. The van der Waals surface area contributed by atoms with Crippen LogP contribution in [0.25, 0.3) is 0 Å². The molecule has 0 spiro atoms. The predicted molar refractivity (Wildman–Crippen MR) is 174 cm³/mol. The van der Waals surface area contributed by atoms with Crippen LogP contribution >= 0.6 is 0 Å². The molecule has 0 radical (unpaired) electrons. The Morgan fingerprint density at radius 3 is 1.40 bits per heavy atom. The van der Waals surface area contributed by atoms with Crippen molar-refractivity contribution in [1.82, 2.24) is 0 Å². The Kier molecular flexibility index (Phi) is 10.2. The Morgan fingerprint density at radius 2 is 1.00 bits per heavy atom. The van der Waals surface area contributed by atoms with Gasteiger partial charge in [0.2, 0.25) is 0 Å². The summed E-state index contributed by atoms with van der Waals surface area (Å²) < 4.78 is 11.2. The van der Waals surface area contributed by atoms with E-state index in [1.54, 1.807) is 48.5 Å². The maximum absolute atomic E-state index is 13.4. The maximum Gasteiger partial charge on any atom is 0.314 e. The number of carbonyl (C=O) groups excluding carboxylic acids is 2. The van der Waals surface area contributed by atoms with E-state index in [2.05, 4.69) is 0 Å². The third-order valence-electron chi connectivity index (χ3n) is 8.54. The van der Waals surface area contributed by atoms with E-state index in [0.717, 1.165) is 22.3 Å². The number of phenols is 3. The van der Waals surface area contributed by atoms with Gasteiger partial charge in [0.05, 0.1) is 12.0 Å². The smallest absolute Gasteiger partial charge is 0.314 e. The number of phenolic OH excluding ortho intramolecular Hbond substituents is 3. The van der Waals surface area contributed by atoms with Gasteiger partial charge in [0, 0.05) is 17.3 Å². The number of carbonyl (C=O) groups is 2. The largest absolute Gasteiger partial charge is 0.508 e. The molecular formula is C38H42O7. The summed E-state index contributed by atoms with van der Waals surface area (Å²) in [4.78, 5) is 25.8. The number of ether oxygens (including phenoxy) is 2. The Balaban J connectivity index is 1.53. The average Bonchev–Trinajstić information content (AvgIpc) is 3.00. The fourth-order valence-electron chi connectivity index (χ4n) is 5.82. The highest BCUT2D eigenvalue weighted by Gasteiger charge is 2.34. The lowest BCUT2D eigenvalue weighted by molar-refractivity contribution is -0.147. The van der Waals surface area contributed by atoms with E-state index in [9.17, 15) is 24.9 Å². The molecule has 0 aliphatic rings. The summed E-state index contributed by atoms with van der Waals surface area (Å²) in [6.45, 7) is 9.54. The summed E-state index contributed by atoms with van der Waals surface area (Å²) in [7, 11) is 0. The second-order valence-corrected chi connectivity index (χ2v) is 12.4. The van der Waals surface area contributed by atoms with E-state index in [-0.39, 0.29) is 41.7 Å². The van der Waals surface area contributed by atoms with Gasteiger partial charge in [0.25, 0.3) is 0 Å². The quantitative estimate of drug-likeness (QED) is 0.111. The molecule has 7 nitrogen and oxygen atoms in total. The summed E-state index contributed by atoms with van der Waals surface area (Å²) in [5.74, 6) is -0.293. The molecule has 0 aromatic heterocycles. The van der Waals surface area contributed by atoms with E-state index in [1.807, 2.05) is 83.1 Å². The number of hydrogen-bond donors (Lipinski definition) is 3. The molecule has 2 atom stereocenters. The van der Waals surface area contributed by atoms with Crippen LogP contribution in [0.3, 0.4) is 0 Å². The van der Waals surface area contributed by atoms with Crippen LogP contribution in [0.4, 0.5) is 0 Å². The van der Waals surface area contributed by atoms with Gasteiger partial charge in [-0.2, -0.15) is 0 Å². The molecule has 0 amide bonds. The highest BCUT2D eigenvalue weighted by atomic mass is 16.5. The Morgan fingerprint density at radius 1 is 0.622 bits per heavy atom. The Bertz CT molecular complexity index is 1530. The molecule has 4 rings (SSSR count). The summed E-state index contributed by atoms with van der Waals surface area (Å²) in [6, 6.07) is 28.1. The van der Waals surface area contributed by atoms with Crippen LogP contribution in [0, 0.1) is 5.92 Å². The topological polar surface area (TPSA) is 113 Å². The highest BCUT2D eigenvalue weighted by Crippen LogP contribution is 2.40. The van der Waals surface area contributed by atoms with Crippen molar-refractivity contribution in [3.8, 4) is 23.0 Å². The van der Waals surface area contributed by atoms with Gasteiger partial charge in [0.1, 0.15) is 23.0 Å². The second-order valence-electron chi connectivity index (χ2n) is 12.4. The molecule has 4 aromatic carbocycles. The lowest BCUT2D eigenvalue weighted by Crippen LogP contribution is -2.31. The summed E-state index contributed by atoms with van der Waals surface area (Å²) in [5, 5.41) is 29.6. The van der Waals surface area contributed by atoms with Crippen molar-refractivity contribution in [3.05, 3.63) is 119 Å². The molecule has 2 unspecified atom stereocenters. The van der Waals surface area contributed by atoms with Crippen molar-refractivity contribution >= 4 is 11.9 Å². The molecule has 236 valence electrons. The third kappa shape index (κ3) is 8.04. The number of esters is 2. The average molecular weight is 611 g/mol. The third-order valence-corrected chi connectivity index (χ3v) is 8.54. The first-order valence-electron chi connectivity index (χ1n) is 15.2. The predicted octanol–water partition coefficient (Wildman–Crippen LogP) is 7.78. The van der Waals surface area contributed by atoms with Crippen molar-refractivity contribution in [2.75, 3.05) is 0 Å². The zero-order valence-corrected chi connectivity index (χ0v) is 26.5. The molecule has 0 aliphatic heterocycles. The molecular weight excluding hydrogens is 568 g/mol. The monoisotopic (exact) mass is 610 g/mol. The Labute approximate surface area is 265 Å². The van der Waals surface area contributed by atoms with Gasteiger partial charge in [0.15, 0.2) is 0 Å². The zero-order chi connectivity index (χ0) is 32.8. The number of benzene rings is 4. The minimum absolute atomic E-state index is 0.153. The number of rotatable bonds is 12. The van der Waals surface area contributed by atoms with Gasteiger partial charge in [-0.3, -0.25) is 9.59 Å². The van der Waals surface area contributed by atoms with Crippen LogP contribution in [0.2, 0.25) is 0 Å². The molecule has 0 fully saturated rings. The normalized spacial score (nSPS) is 13.6. The molecule has 0 saturated carbocycles. The summed E-state index contributed by atoms with van der Waals surface area (Å²) in [6.07, 6.45) is 0.913. The lowest BCUT2D eigenvalue weighted by Gasteiger charge is -2.33. The van der Waals surface area contributed by atoms with Crippen LogP contribution in [0.15, 0.2) is 97.1 Å². The van der Waals surface area contributed by atoms with E-state index >= 15 is 0 Å². The molecule has 45 heavy (non-hydrogen) atoms. The fourth-order valence-corrected chi connectivity index (χ4v) is 5.82. The van der Waals surface area contributed by atoms with Crippen molar-refractivity contribution in [2.45, 2.75) is 70.8 Å². The van der Waals surface area contributed by atoms with Gasteiger partial charge in [-0.1, -0.05) is 69.3 Å². The molecule has 0 aliphatic carbocycles. The molecule has 0 bridgehead atoms. The first-order valence-corrected chi connectivity index (χ1v) is 15.2. The van der Waals surface area contributed by atoms with Crippen molar-refractivity contribution in [1.29, 1.82) is 0 Å². The highest BCUT2D eigenvalue weighted by molar-refractivity contribution is 5.75. The van der Waals surface area contributed by atoms with Crippen molar-refractivity contribution in [2.24, 2.45) is 5.92 Å². The fraction of sp³-hybridized carbons (Fsp3) is 0.316. The van der Waals surface area contributed by atoms with Crippen molar-refractivity contribution in [3.63, 3.8) is 0 Å². The van der Waals surface area contributed by atoms with E-state index in [4.69, 9.17) is 9.47 Å². The van der Waals surface area contributed by atoms with Crippen molar-refractivity contribution < 1.29 is 34.4 Å².